The molecule has 114 valence electrons. The van der Waals surface area contributed by atoms with Gasteiger partial charge in [-0.15, -0.1) is 0 Å². The molecule has 0 aliphatic carbocycles. The third-order valence-corrected chi connectivity index (χ3v) is 4.16. The summed E-state index contributed by atoms with van der Waals surface area (Å²) in [5, 5.41) is 0.984. The van der Waals surface area contributed by atoms with Crippen LogP contribution in [0.15, 0.2) is 41.0 Å². The Hall–Kier alpha value is -1.82. The number of nitrogens with zero attached hydrogens (tertiary/aromatic N) is 2. The summed E-state index contributed by atoms with van der Waals surface area (Å²) >= 11 is 3.24. The summed E-state index contributed by atoms with van der Waals surface area (Å²) in [6.07, 6.45) is -2.48. The molecule has 0 amide bonds. The van der Waals surface area contributed by atoms with Crippen molar-refractivity contribution in [2.45, 2.75) is 20.0 Å². The molecule has 0 fully saturated rings. The number of halogens is 4. The highest BCUT2D eigenvalue weighted by Crippen LogP contribution is 2.34. The minimum absolute atomic E-state index is 0.377. The maximum absolute atomic E-state index is 12.8. The van der Waals surface area contributed by atoms with Crippen LogP contribution in [0.25, 0.3) is 16.7 Å². The number of aryl methyl sites for hydroxylation is 2. The van der Waals surface area contributed by atoms with E-state index in [1.54, 1.807) is 0 Å². The van der Waals surface area contributed by atoms with Gasteiger partial charge in [0.1, 0.15) is 5.65 Å². The van der Waals surface area contributed by atoms with Gasteiger partial charge in [-0.2, -0.15) is 13.2 Å². The highest BCUT2D eigenvalue weighted by atomic mass is 79.9. The summed E-state index contributed by atoms with van der Waals surface area (Å²) in [4.78, 5) is 4.51. The van der Waals surface area contributed by atoms with Crippen LogP contribution in [-0.4, -0.2) is 9.55 Å². The first-order valence-electron chi connectivity index (χ1n) is 6.60. The average molecular weight is 369 g/mol. The van der Waals surface area contributed by atoms with E-state index >= 15 is 0 Å². The van der Waals surface area contributed by atoms with Crippen molar-refractivity contribution < 1.29 is 13.2 Å². The molecule has 0 N–H and O–H groups in total. The molecular formula is C16H12BrF3N2. The number of benzene rings is 1. The molecule has 0 atom stereocenters. The molecule has 0 saturated heterocycles. The number of alkyl halides is 3. The largest absolute Gasteiger partial charge is 0.416 e. The van der Waals surface area contributed by atoms with E-state index in [9.17, 15) is 13.2 Å². The van der Waals surface area contributed by atoms with E-state index in [0.29, 0.717) is 10.2 Å². The molecule has 2 nitrogen and oxygen atoms in total. The first-order chi connectivity index (χ1) is 10.3. The highest BCUT2D eigenvalue weighted by Gasteiger charge is 2.31. The molecule has 2 aromatic heterocycles. The van der Waals surface area contributed by atoms with Gasteiger partial charge in [0, 0.05) is 21.7 Å². The zero-order valence-electron chi connectivity index (χ0n) is 11.9. The Morgan fingerprint density at radius 1 is 1.09 bits per heavy atom. The summed E-state index contributed by atoms with van der Waals surface area (Å²) in [5.41, 5.74) is 2.56. The number of fused-ring (bicyclic) bond motifs is 1. The van der Waals surface area contributed by atoms with Gasteiger partial charge in [-0.1, -0.05) is 0 Å². The summed E-state index contributed by atoms with van der Waals surface area (Å²) in [6.45, 7) is 3.84. The summed E-state index contributed by atoms with van der Waals surface area (Å²) < 4.78 is 40.5. The molecule has 0 unspecified atom stereocenters. The third-order valence-electron chi connectivity index (χ3n) is 3.52. The van der Waals surface area contributed by atoms with Gasteiger partial charge in [-0.25, -0.2) is 4.98 Å². The van der Waals surface area contributed by atoms with Crippen molar-refractivity contribution in [3.63, 3.8) is 0 Å². The molecule has 0 aliphatic heterocycles. The van der Waals surface area contributed by atoms with Gasteiger partial charge in [-0.3, -0.25) is 4.57 Å². The monoisotopic (exact) mass is 368 g/mol. The van der Waals surface area contributed by atoms with Crippen LogP contribution in [-0.2, 0) is 6.18 Å². The lowest BCUT2D eigenvalue weighted by Gasteiger charge is -2.11. The molecule has 0 aliphatic rings. The van der Waals surface area contributed by atoms with E-state index in [2.05, 4.69) is 20.9 Å². The summed E-state index contributed by atoms with van der Waals surface area (Å²) in [5.74, 6) is 0. The Morgan fingerprint density at radius 3 is 2.45 bits per heavy atom. The number of rotatable bonds is 1. The van der Waals surface area contributed by atoms with Crippen molar-refractivity contribution in [1.29, 1.82) is 0 Å². The predicted molar refractivity (Wildman–Crippen MR) is 83.2 cm³/mol. The molecule has 1 aromatic carbocycles. The summed E-state index contributed by atoms with van der Waals surface area (Å²) in [7, 11) is 0. The number of aromatic nitrogens is 2. The maximum Gasteiger partial charge on any atom is 0.416 e. The lowest BCUT2D eigenvalue weighted by atomic mass is 10.2. The van der Waals surface area contributed by atoms with Gasteiger partial charge in [0.05, 0.1) is 11.3 Å². The van der Waals surface area contributed by atoms with Crippen molar-refractivity contribution in [1.82, 2.24) is 9.55 Å². The van der Waals surface area contributed by atoms with Gasteiger partial charge >= 0.3 is 6.18 Å². The number of pyridine rings is 1. The quantitative estimate of drug-likeness (QED) is 0.560. The minimum atomic E-state index is -4.36. The highest BCUT2D eigenvalue weighted by molar-refractivity contribution is 9.10. The Labute approximate surface area is 133 Å². The summed E-state index contributed by atoms with van der Waals surface area (Å²) in [6, 6.07) is 7.52. The van der Waals surface area contributed by atoms with Crippen molar-refractivity contribution in [2.24, 2.45) is 0 Å². The molecule has 0 radical (unpaired) electrons. The van der Waals surface area contributed by atoms with E-state index in [1.165, 1.54) is 6.07 Å². The second kappa shape index (κ2) is 5.12. The van der Waals surface area contributed by atoms with E-state index < -0.39 is 11.7 Å². The Bertz CT molecular complexity index is 866. The van der Waals surface area contributed by atoms with Crippen LogP contribution >= 0.6 is 15.9 Å². The number of hydrogen-bond acceptors (Lipinski definition) is 1. The van der Waals surface area contributed by atoms with Crippen LogP contribution in [0.4, 0.5) is 13.2 Å². The fraction of sp³-hybridized carbons (Fsp3) is 0.188. The van der Waals surface area contributed by atoms with Gasteiger partial charge in [0.2, 0.25) is 0 Å². The molecule has 6 heteroatoms. The second-order valence-corrected chi connectivity index (χ2v) is 6.02. The van der Waals surface area contributed by atoms with E-state index in [4.69, 9.17) is 0 Å². The zero-order valence-corrected chi connectivity index (χ0v) is 13.5. The molecule has 3 rings (SSSR count). The molecule has 22 heavy (non-hydrogen) atoms. The standard InChI is InChI=1S/C16H12BrF3N2/c1-9-8-22(15-12(9)5-3-10(2)21-15)14-6-4-11(7-13(14)17)16(18,19)20/h3-8H,1-2H3. The minimum Gasteiger partial charge on any atom is -0.300 e. The maximum atomic E-state index is 12.8. The van der Waals surface area contributed by atoms with Crippen LogP contribution in [0, 0.1) is 13.8 Å². The number of hydrogen-bond donors (Lipinski definition) is 0. The van der Waals surface area contributed by atoms with Crippen LogP contribution in [0.2, 0.25) is 0 Å². The van der Waals surface area contributed by atoms with Crippen LogP contribution < -0.4 is 0 Å². The van der Waals surface area contributed by atoms with E-state index in [0.717, 1.165) is 34.4 Å². The normalized spacial score (nSPS) is 12.1. The molecule has 3 aromatic rings. The molecular weight excluding hydrogens is 357 g/mol. The van der Waals surface area contributed by atoms with Gasteiger partial charge in [0.25, 0.3) is 0 Å². The molecule has 0 saturated carbocycles. The van der Waals surface area contributed by atoms with Gasteiger partial charge in [-0.05, 0) is 65.7 Å². The first-order valence-corrected chi connectivity index (χ1v) is 7.39. The second-order valence-electron chi connectivity index (χ2n) is 5.17. The first kappa shape index (κ1) is 15.1. The molecule has 0 spiro atoms. The SMILES string of the molecule is Cc1ccc2c(C)cn(-c3ccc(C(F)(F)F)cc3Br)c2n1. The molecule has 2 heterocycles. The van der Waals surface area contributed by atoms with E-state index in [1.807, 2.05) is 36.7 Å². The smallest absolute Gasteiger partial charge is 0.300 e. The van der Waals surface area contributed by atoms with Crippen molar-refractivity contribution in [3.8, 4) is 5.69 Å². The lowest BCUT2D eigenvalue weighted by Crippen LogP contribution is -2.06. The Balaban J connectivity index is 2.22. The lowest BCUT2D eigenvalue weighted by molar-refractivity contribution is -0.137. The third kappa shape index (κ3) is 2.52. The van der Waals surface area contributed by atoms with E-state index in [-0.39, 0.29) is 0 Å². The topological polar surface area (TPSA) is 17.8 Å². The van der Waals surface area contributed by atoms with Crippen molar-refractivity contribution in [3.05, 3.63) is 57.8 Å². The van der Waals surface area contributed by atoms with Crippen LogP contribution in [0.3, 0.4) is 0 Å². The zero-order chi connectivity index (χ0) is 16.1. The van der Waals surface area contributed by atoms with Crippen LogP contribution in [0.1, 0.15) is 16.8 Å². The predicted octanol–water partition coefficient (Wildman–Crippen LogP) is 5.42. The van der Waals surface area contributed by atoms with Gasteiger partial charge in [0.15, 0.2) is 0 Å². The molecule has 0 bridgehead atoms. The van der Waals surface area contributed by atoms with Crippen molar-refractivity contribution >= 4 is 27.0 Å². The van der Waals surface area contributed by atoms with Crippen LogP contribution in [0.5, 0.6) is 0 Å². The Kier molecular flexibility index (Phi) is 3.51. The fourth-order valence-electron chi connectivity index (χ4n) is 2.42. The Morgan fingerprint density at radius 2 is 1.82 bits per heavy atom. The fourth-order valence-corrected chi connectivity index (χ4v) is 2.99. The van der Waals surface area contributed by atoms with Crippen molar-refractivity contribution in [2.75, 3.05) is 0 Å². The van der Waals surface area contributed by atoms with Gasteiger partial charge < -0.3 is 0 Å². The average Bonchev–Trinajstić information content (AvgIpc) is 2.74.